The molecule has 12 saturated carbocycles. The van der Waals surface area contributed by atoms with E-state index in [9.17, 15) is 0 Å². The molecule has 0 atom stereocenters. The van der Waals surface area contributed by atoms with Gasteiger partial charge in [0.15, 0.2) is 46.2 Å². The molecule has 4 aromatic rings. The topological polar surface area (TPSA) is 106 Å². The Labute approximate surface area is 368 Å². The quantitative estimate of drug-likeness (QED) is 0.145. The fourth-order valence-electron chi connectivity index (χ4n) is 17.8. The lowest BCUT2D eigenvalue weighted by molar-refractivity contribution is -0.0205. The third kappa shape index (κ3) is 6.16. The van der Waals surface area contributed by atoms with Crippen LogP contribution >= 0.6 is 0 Å². The van der Waals surface area contributed by atoms with Crippen LogP contribution in [0.2, 0.25) is 0 Å². The second-order valence-corrected chi connectivity index (χ2v) is 23.1. The number of nitrogen functional groups attached to an aromatic ring is 3. The number of rotatable bonds is 9. The lowest BCUT2D eigenvalue weighted by Gasteiger charge is -2.62. The molecule has 12 aliphatic carbocycles. The average Bonchev–Trinajstić information content (AvgIpc) is 3.21. The summed E-state index contributed by atoms with van der Waals surface area (Å²) in [5, 5.41) is 0. The van der Waals surface area contributed by atoms with E-state index in [-0.39, 0.29) is 28.1 Å². The fourth-order valence-corrected chi connectivity index (χ4v) is 17.8. The Bertz CT molecular complexity index is 2450. The highest BCUT2D eigenvalue weighted by atomic mass is 19.1. The van der Waals surface area contributed by atoms with Crippen molar-refractivity contribution in [2.24, 2.45) is 53.3 Å². The number of nitrogens with two attached hydrogens (primary N) is 3. The van der Waals surface area contributed by atoms with E-state index in [4.69, 9.17) is 31.4 Å². The molecule has 0 radical (unpaired) electrons. The minimum Gasteiger partial charge on any atom is -0.453 e. The van der Waals surface area contributed by atoms with Gasteiger partial charge < -0.3 is 31.4 Å². The van der Waals surface area contributed by atoms with Crippen molar-refractivity contribution in [3.05, 3.63) is 88.7 Å². The van der Waals surface area contributed by atoms with Crippen molar-refractivity contribution in [2.75, 3.05) is 17.2 Å². The Morgan fingerprint density at radius 2 is 0.587 bits per heavy atom. The van der Waals surface area contributed by atoms with Crippen molar-refractivity contribution in [3.63, 3.8) is 0 Å². The lowest BCUT2D eigenvalue weighted by atomic mass is 9.43. The predicted octanol–water partition coefficient (Wildman–Crippen LogP) is 13.6. The molecule has 16 rings (SSSR count). The Morgan fingerprint density at radius 3 is 0.889 bits per heavy atom. The second kappa shape index (κ2) is 13.7. The highest BCUT2D eigenvalue weighted by Gasteiger charge is 2.62. The van der Waals surface area contributed by atoms with Crippen LogP contribution in [0.25, 0.3) is 0 Å². The zero-order valence-electron chi connectivity index (χ0n) is 36.2. The molecule has 6 N–H and O–H groups in total. The van der Waals surface area contributed by atoms with Gasteiger partial charge in [0, 0.05) is 68.2 Å². The Morgan fingerprint density at radius 1 is 0.349 bits per heavy atom. The summed E-state index contributed by atoms with van der Waals surface area (Å²) in [7, 11) is 0. The standard InChI is InChI=1S/C54H60F3N3O3/c55-40-4-1-37(58)16-43(40)61-49-46(52-19-28-7-29(20-52)9-30(8-28)21-52)47(53-22-31-10-32(23-53)12-33(11-31)24-53)50(62-44-17-38(59)2-5-41(44)56)51(63-45-18-39(60)3-6-42(45)57)48(49)54-25-34-13-35(26-54)15-36(14-34)27-54/h1-6,16-18,28-36H,7-15,19-27,58-60H2. The molecule has 12 bridgehead atoms. The van der Waals surface area contributed by atoms with Crippen LogP contribution in [0, 0.1) is 70.7 Å². The van der Waals surface area contributed by atoms with Gasteiger partial charge in [0.1, 0.15) is 5.75 Å². The van der Waals surface area contributed by atoms with Gasteiger partial charge in [0.2, 0.25) is 0 Å². The molecule has 6 nitrogen and oxygen atoms in total. The summed E-state index contributed by atoms with van der Waals surface area (Å²) in [5.41, 5.74) is 22.5. The first-order valence-electron chi connectivity index (χ1n) is 24.3. The summed E-state index contributed by atoms with van der Waals surface area (Å²) in [5.74, 6) is 4.90. The molecule has 0 saturated heterocycles. The second-order valence-electron chi connectivity index (χ2n) is 23.1. The van der Waals surface area contributed by atoms with E-state index < -0.39 is 22.9 Å². The monoisotopic (exact) mass is 855 g/mol. The van der Waals surface area contributed by atoms with E-state index in [0.29, 0.717) is 87.6 Å². The van der Waals surface area contributed by atoms with Gasteiger partial charge in [-0.25, -0.2) is 13.2 Å². The zero-order chi connectivity index (χ0) is 42.6. The first-order chi connectivity index (χ1) is 30.4. The maximum atomic E-state index is 16.6. The fraction of sp³-hybridized carbons (Fsp3) is 0.556. The molecule has 9 heteroatoms. The van der Waals surface area contributed by atoms with Gasteiger partial charge in [0.05, 0.1) is 0 Å². The molecular formula is C54H60F3N3O3. The van der Waals surface area contributed by atoms with Gasteiger partial charge in [-0.3, -0.25) is 0 Å². The molecule has 12 aliphatic rings. The summed E-state index contributed by atoms with van der Waals surface area (Å²) < 4.78 is 71.7. The maximum absolute atomic E-state index is 16.6. The third-order valence-corrected chi connectivity index (χ3v) is 18.6. The molecule has 0 amide bonds. The largest absolute Gasteiger partial charge is 0.453 e. The van der Waals surface area contributed by atoms with Gasteiger partial charge in [-0.2, -0.15) is 0 Å². The van der Waals surface area contributed by atoms with Crippen molar-refractivity contribution >= 4 is 17.1 Å². The summed E-state index contributed by atoms with van der Waals surface area (Å²) in [6.07, 6.45) is 19.6. The molecule has 0 aliphatic heterocycles. The molecule has 330 valence electrons. The number of anilines is 3. The van der Waals surface area contributed by atoms with Crippen LogP contribution in [0.1, 0.15) is 132 Å². The van der Waals surface area contributed by atoms with Crippen molar-refractivity contribution in [3.8, 4) is 34.5 Å². The normalized spacial score (nSPS) is 37.5. The minimum atomic E-state index is -0.562. The maximum Gasteiger partial charge on any atom is 0.177 e. The van der Waals surface area contributed by atoms with Gasteiger partial charge in [-0.15, -0.1) is 0 Å². The van der Waals surface area contributed by atoms with E-state index >= 15 is 13.2 Å². The SMILES string of the molecule is Nc1ccc(F)c(Oc2c(Oc3cc(N)ccc3F)c(C34CC5CC(CC(C5)C3)C4)c(C34CC5CC(CC(C5)C3)C4)c(Oc3cc(N)ccc3F)c2C23CC4CC(CC(C4)C2)C3)c1. The smallest absolute Gasteiger partial charge is 0.177 e. The van der Waals surface area contributed by atoms with Crippen LogP contribution < -0.4 is 31.4 Å². The first kappa shape index (κ1) is 38.9. The molecule has 12 fully saturated rings. The van der Waals surface area contributed by atoms with Gasteiger partial charge in [-0.1, -0.05) is 0 Å². The Kier molecular flexibility index (Phi) is 8.48. The van der Waals surface area contributed by atoms with Crippen LogP contribution in [-0.2, 0) is 16.2 Å². The van der Waals surface area contributed by atoms with Crippen LogP contribution in [0.3, 0.4) is 0 Å². The predicted molar refractivity (Wildman–Crippen MR) is 239 cm³/mol. The van der Waals surface area contributed by atoms with E-state index in [2.05, 4.69) is 0 Å². The van der Waals surface area contributed by atoms with E-state index in [1.807, 2.05) is 0 Å². The highest BCUT2D eigenvalue weighted by molar-refractivity contribution is 5.73. The highest BCUT2D eigenvalue weighted by Crippen LogP contribution is 2.73. The Balaban J connectivity index is 1.20. The molecule has 0 unspecified atom stereocenters. The molecule has 0 spiro atoms. The van der Waals surface area contributed by atoms with E-state index in [1.54, 1.807) is 30.3 Å². The van der Waals surface area contributed by atoms with E-state index in [1.165, 1.54) is 82.1 Å². The number of hydrogen-bond acceptors (Lipinski definition) is 6. The van der Waals surface area contributed by atoms with Crippen molar-refractivity contribution in [2.45, 2.75) is 132 Å². The molecule has 4 aromatic carbocycles. The molecule has 0 aromatic heterocycles. The van der Waals surface area contributed by atoms with Crippen molar-refractivity contribution < 1.29 is 27.4 Å². The summed E-state index contributed by atoms with van der Waals surface area (Å²) >= 11 is 0. The van der Waals surface area contributed by atoms with Gasteiger partial charge in [0.25, 0.3) is 0 Å². The number of ether oxygens (including phenoxy) is 3. The Hall–Kier alpha value is -4.53. The van der Waals surface area contributed by atoms with Crippen LogP contribution in [0.15, 0.2) is 54.6 Å². The summed E-state index contributed by atoms with van der Waals surface area (Å²) in [4.78, 5) is 0. The number of halogens is 3. The van der Waals surface area contributed by atoms with Crippen molar-refractivity contribution in [1.82, 2.24) is 0 Å². The van der Waals surface area contributed by atoms with Crippen molar-refractivity contribution in [1.29, 1.82) is 0 Å². The molecule has 0 heterocycles. The molecule has 63 heavy (non-hydrogen) atoms. The number of hydrogen-bond donors (Lipinski definition) is 3. The third-order valence-electron chi connectivity index (χ3n) is 18.6. The van der Waals surface area contributed by atoms with Crippen LogP contribution in [0.5, 0.6) is 34.5 Å². The van der Waals surface area contributed by atoms with Gasteiger partial charge >= 0.3 is 0 Å². The van der Waals surface area contributed by atoms with E-state index in [0.717, 1.165) is 74.5 Å². The zero-order valence-corrected chi connectivity index (χ0v) is 36.2. The van der Waals surface area contributed by atoms with Crippen LogP contribution in [-0.4, -0.2) is 0 Å². The first-order valence-corrected chi connectivity index (χ1v) is 24.3. The summed E-state index contributed by atoms with van der Waals surface area (Å²) in [6, 6.07) is 13.5. The number of benzene rings is 4. The van der Waals surface area contributed by atoms with Crippen LogP contribution in [0.4, 0.5) is 30.2 Å². The summed E-state index contributed by atoms with van der Waals surface area (Å²) in [6.45, 7) is 0. The lowest BCUT2D eigenvalue weighted by Crippen LogP contribution is -2.53. The molecular weight excluding hydrogens is 796 g/mol. The van der Waals surface area contributed by atoms with Gasteiger partial charge in [-0.05, 0) is 205 Å². The minimum absolute atomic E-state index is 0.0161. The average molecular weight is 856 g/mol.